The fourth-order valence-electron chi connectivity index (χ4n) is 4.29. The lowest BCUT2D eigenvalue weighted by Crippen LogP contribution is -2.43. The van der Waals surface area contributed by atoms with Crippen molar-refractivity contribution < 1.29 is 4.42 Å². The molecule has 158 valence electrons. The molecule has 6 rings (SSSR count). The van der Waals surface area contributed by atoms with Crippen LogP contribution in [-0.4, -0.2) is 39.5 Å². The standard InChI is InChI=1S/C20H17N5O2.3ClH/c26-19-16(17-11-24-5-1-4-21-20(24)23-17)6-12-2-3-14(8-18(12)27-19)25-10-13-7-15(25)9-22-13;;;/h1-6,8,11,13,15,22H,7,9-10H2;3*1H/t13-,15-;;;/m0.../s1. The Morgan fingerprint density at radius 3 is 2.77 bits per heavy atom. The highest BCUT2D eigenvalue weighted by atomic mass is 35.5. The molecule has 3 aromatic heterocycles. The molecule has 0 unspecified atom stereocenters. The van der Waals surface area contributed by atoms with E-state index in [1.807, 2.05) is 30.5 Å². The molecule has 2 saturated heterocycles. The van der Waals surface area contributed by atoms with E-state index in [0.29, 0.717) is 34.7 Å². The number of piperazine rings is 1. The molecule has 1 aromatic carbocycles. The van der Waals surface area contributed by atoms with Gasteiger partial charge in [0.05, 0.1) is 11.3 Å². The molecule has 2 aliphatic heterocycles. The Kier molecular flexibility index (Phi) is 6.29. The Morgan fingerprint density at radius 1 is 1.17 bits per heavy atom. The molecule has 0 aliphatic carbocycles. The highest BCUT2D eigenvalue weighted by Gasteiger charge is 2.37. The van der Waals surface area contributed by atoms with E-state index in [9.17, 15) is 4.79 Å². The number of hydrogen-bond donors (Lipinski definition) is 1. The minimum absolute atomic E-state index is 0. The van der Waals surface area contributed by atoms with E-state index >= 15 is 0 Å². The van der Waals surface area contributed by atoms with Crippen LogP contribution in [0.25, 0.3) is 28.0 Å². The molecule has 2 aliphatic rings. The van der Waals surface area contributed by atoms with Gasteiger partial charge in [0.15, 0.2) is 0 Å². The van der Waals surface area contributed by atoms with E-state index in [1.54, 1.807) is 16.8 Å². The quantitative estimate of drug-likeness (QED) is 0.455. The summed E-state index contributed by atoms with van der Waals surface area (Å²) in [5.41, 5.74) is 2.36. The van der Waals surface area contributed by atoms with Gasteiger partial charge in [-0.3, -0.25) is 4.40 Å². The maximum Gasteiger partial charge on any atom is 0.345 e. The van der Waals surface area contributed by atoms with Gasteiger partial charge in [0.1, 0.15) is 5.58 Å². The topological polar surface area (TPSA) is 75.7 Å². The number of halogens is 3. The molecule has 10 heteroatoms. The maximum atomic E-state index is 12.6. The zero-order chi connectivity index (χ0) is 18.0. The number of benzene rings is 1. The zero-order valence-corrected chi connectivity index (χ0v) is 18.2. The Labute approximate surface area is 190 Å². The van der Waals surface area contributed by atoms with Gasteiger partial charge in [-0.1, -0.05) is 0 Å². The average molecular weight is 469 g/mol. The van der Waals surface area contributed by atoms with Gasteiger partial charge in [-0.2, -0.15) is 0 Å². The van der Waals surface area contributed by atoms with Crippen LogP contribution in [0.1, 0.15) is 6.42 Å². The molecule has 0 saturated carbocycles. The summed E-state index contributed by atoms with van der Waals surface area (Å²) in [6, 6.07) is 10.9. The molecular formula is C20H20Cl3N5O2. The van der Waals surface area contributed by atoms with Crippen LogP contribution >= 0.6 is 37.2 Å². The Morgan fingerprint density at radius 2 is 2.03 bits per heavy atom. The lowest BCUT2D eigenvalue weighted by Gasteiger charge is -2.29. The average Bonchev–Trinajstić information content (AvgIpc) is 3.41. The highest BCUT2D eigenvalue weighted by Crippen LogP contribution is 2.31. The molecule has 7 nitrogen and oxygen atoms in total. The molecule has 0 spiro atoms. The third-order valence-electron chi connectivity index (χ3n) is 5.62. The summed E-state index contributed by atoms with van der Waals surface area (Å²) >= 11 is 0. The van der Waals surface area contributed by atoms with Crippen molar-refractivity contribution in [3.05, 3.63) is 59.3 Å². The molecule has 5 heterocycles. The van der Waals surface area contributed by atoms with Crippen molar-refractivity contribution in [2.24, 2.45) is 0 Å². The van der Waals surface area contributed by atoms with E-state index in [2.05, 4.69) is 26.3 Å². The SMILES string of the molecule is Cl.Cl.Cl.O=c1oc2cc(N3C[C@@H]4C[C@H]3CN4)ccc2cc1-c1cn2cccnc2n1. The molecule has 30 heavy (non-hydrogen) atoms. The molecule has 0 amide bonds. The lowest BCUT2D eigenvalue weighted by atomic mass is 10.1. The second-order valence-corrected chi connectivity index (χ2v) is 7.27. The van der Waals surface area contributed by atoms with Crippen LogP contribution in [0.4, 0.5) is 5.69 Å². The number of nitrogens with one attached hydrogen (secondary N) is 1. The first kappa shape index (κ1) is 22.4. The number of imidazole rings is 1. The van der Waals surface area contributed by atoms with E-state index in [4.69, 9.17) is 4.42 Å². The van der Waals surface area contributed by atoms with E-state index in [-0.39, 0.29) is 42.8 Å². The van der Waals surface area contributed by atoms with Crippen molar-refractivity contribution >= 4 is 59.7 Å². The number of nitrogens with zero attached hydrogens (tertiary/aromatic N) is 4. The summed E-state index contributed by atoms with van der Waals surface area (Å²) in [5.74, 6) is 0.556. The van der Waals surface area contributed by atoms with Gasteiger partial charge in [0.2, 0.25) is 5.78 Å². The van der Waals surface area contributed by atoms with Crippen molar-refractivity contribution in [1.29, 1.82) is 0 Å². The molecule has 4 aromatic rings. The predicted molar refractivity (Wildman–Crippen MR) is 124 cm³/mol. The van der Waals surface area contributed by atoms with Crippen LogP contribution in [-0.2, 0) is 0 Å². The molecule has 0 radical (unpaired) electrons. The third kappa shape index (κ3) is 3.52. The number of rotatable bonds is 2. The monoisotopic (exact) mass is 467 g/mol. The first-order valence-corrected chi connectivity index (χ1v) is 9.13. The Hall–Kier alpha value is -2.32. The molecule has 2 atom stereocenters. The first-order chi connectivity index (χ1) is 13.2. The van der Waals surface area contributed by atoms with Crippen molar-refractivity contribution in [2.75, 3.05) is 18.0 Å². The number of hydrogen-bond acceptors (Lipinski definition) is 6. The zero-order valence-electron chi connectivity index (χ0n) is 15.7. The summed E-state index contributed by atoms with van der Waals surface area (Å²) in [7, 11) is 0. The lowest BCUT2D eigenvalue weighted by molar-refractivity contribution is 0.561. The summed E-state index contributed by atoms with van der Waals surface area (Å²) in [6.07, 6.45) is 6.51. The Balaban J connectivity index is 0.000000853. The van der Waals surface area contributed by atoms with Crippen molar-refractivity contribution in [3.63, 3.8) is 0 Å². The predicted octanol–water partition coefficient (Wildman–Crippen LogP) is 3.32. The van der Waals surface area contributed by atoms with Gasteiger partial charge in [-0.15, -0.1) is 37.2 Å². The van der Waals surface area contributed by atoms with Gasteiger partial charge in [-0.25, -0.2) is 14.8 Å². The molecule has 1 N–H and O–H groups in total. The van der Waals surface area contributed by atoms with Crippen LogP contribution in [0.15, 0.2) is 58.1 Å². The second-order valence-electron chi connectivity index (χ2n) is 7.27. The number of aromatic nitrogens is 3. The summed E-state index contributed by atoms with van der Waals surface area (Å²) in [6.45, 7) is 2.03. The van der Waals surface area contributed by atoms with Gasteiger partial charge < -0.3 is 14.6 Å². The first-order valence-electron chi connectivity index (χ1n) is 9.13. The number of fused-ring (bicyclic) bond motifs is 4. The normalized spacial score (nSPS) is 19.4. The minimum Gasteiger partial charge on any atom is -0.422 e. The van der Waals surface area contributed by atoms with Crippen molar-refractivity contribution in [3.8, 4) is 11.3 Å². The summed E-state index contributed by atoms with van der Waals surface area (Å²) in [5, 5.41) is 4.40. The van der Waals surface area contributed by atoms with E-state index in [1.165, 1.54) is 6.42 Å². The number of anilines is 1. The van der Waals surface area contributed by atoms with Gasteiger partial charge in [0.25, 0.3) is 0 Å². The van der Waals surface area contributed by atoms with Crippen LogP contribution in [0, 0.1) is 0 Å². The van der Waals surface area contributed by atoms with Crippen LogP contribution in [0.2, 0.25) is 0 Å². The summed E-state index contributed by atoms with van der Waals surface area (Å²) < 4.78 is 7.45. The van der Waals surface area contributed by atoms with Crippen LogP contribution < -0.4 is 15.8 Å². The third-order valence-corrected chi connectivity index (χ3v) is 5.62. The van der Waals surface area contributed by atoms with E-state index < -0.39 is 0 Å². The maximum absolute atomic E-state index is 12.6. The van der Waals surface area contributed by atoms with Crippen LogP contribution in [0.5, 0.6) is 0 Å². The fourth-order valence-corrected chi connectivity index (χ4v) is 4.29. The fraction of sp³-hybridized carbons (Fsp3) is 0.250. The molecule has 2 bridgehead atoms. The van der Waals surface area contributed by atoms with Gasteiger partial charge >= 0.3 is 5.63 Å². The smallest absolute Gasteiger partial charge is 0.345 e. The summed E-state index contributed by atoms with van der Waals surface area (Å²) in [4.78, 5) is 23.7. The highest BCUT2D eigenvalue weighted by molar-refractivity contribution is 5.86. The molecule has 2 fully saturated rings. The minimum atomic E-state index is -0.382. The van der Waals surface area contributed by atoms with Crippen LogP contribution in [0.3, 0.4) is 0 Å². The van der Waals surface area contributed by atoms with Crippen molar-refractivity contribution in [1.82, 2.24) is 19.7 Å². The Bertz CT molecular complexity index is 1230. The largest absolute Gasteiger partial charge is 0.422 e. The molecular weight excluding hydrogens is 449 g/mol. The van der Waals surface area contributed by atoms with Gasteiger partial charge in [0, 0.05) is 60.9 Å². The van der Waals surface area contributed by atoms with E-state index in [0.717, 1.165) is 24.2 Å². The van der Waals surface area contributed by atoms with Gasteiger partial charge in [-0.05, 0) is 30.7 Å². The van der Waals surface area contributed by atoms with Crippen molar-refractivity contribution in [2.45, 2.75) is 18.5 Å². The second kappa shape index (κ2) is 8.43.